The largest absolute Gasteiger partial charge is 0.394 e. The van der Waals surface area contributed by atoms with E-state index in [0.717, 1.165) is 0 Å². The molecular weight excluding hydrogens is 178 g/mol. The zero-order valence-corrected chi connectivity index (χ0v) is 8.94. The number of hydrogen-bond acceptors (Lipinski definition) is 2. The molecular formula is C11H19NO2. The highest BCUT2D eigenvalue weighted by Gasteiger charge is 2.57. The first-order valence-electron chi connectivity index (χ1n) is 5.54. The third-order valence-corrected chi connectivity index (χ3v) is 3.96. The first-order chi connectivity index (χ1) is 6.66. The molecule has 0 saturated heterocycles. The first kappa shape index (κ1) is 9.97. The van der Waals surface area contributed by atoms with Gasteiger partial charge < -0.3 is 10.0 Å². The molecule has 1 N–H and O–H groups in total. The molecule has 1 amide bonds. The number of aliphatic hydroxyl groups excluding tert-OH is 1. The van der Waals surface area contributed by atoms with Gasteiger partial charge in [0.25, 0.3) is 0 Å². The maximum atomic E-state index is 11.9. The first-order valence-corrected chi connectivity index (χ1v) is 5.54. The summed E-state index contributed by atoms with van der Waals surface area (Å²) < 4.78 is 0. The SMILES string of the molecule is CC(CO)N(C)C(=O)C1C2CCCC21. The van der Waals surface area contributed by atoms with Gasteiger partial charge in [-0.25, -0.2) is 0 Å². The van der Waals surface area contributed by atoms with Gasteiger partial charge in [0.1, 0.15) is 0 Å². The Bertz CT molecular complexity index is 225. The lowest BCUT2D eigenvalue weighted by atomic mass is 10.1. The highest BCUT2D eigenvalue weighted by Crippen LogP contribution is 2.58. The van der Waals surface area contributed by atoms with E-state index in [1.165, 1.54) is 19.3 Å². The summed E-state index contributed by atoms with van der Waals surface area (Å²) >= 11 is 0. The molecule has 14 heavy (non-hydrogen) atoms. The van der Waals surface area contributed by atoms with Crippen molar-refractivity contribution in [3.8, 4) is 0 Å². The van der Waals surface area contributed by atoms with Crippen LogP contribution >= 0.6 is 0 Å². The van der Waals surface area contributed by atoms with E-state index in [-0.39, 0.29) is 18.6 Å². The number of rotatable bonds is 3. The molecule has 0 aromatic rings. The average Bonchev–Trinajstić information content (AvgIpc) is 2.68. The maximum Gasteiger partial charge on any atom is 0.226 e. The summed E-state index contributed by atoms with van der Waals surface area (Å²) in [5.41, 5.74) is 0. The number of hydrogen-bond donors (Lipinski definition) is 1. The van der Waals surface area contributed by atoms with Crippen molar-refractivity contribution in [2.24, 2.45) is 17.8 Å². The standard InChI is InChI=1S/C11H19NO2/c1-7(6-13)12(2)11(14)10-8-4-3-5-9(8)10/h7-10,13H,3-6H2,1-2H3. The summed E-state index contributed by atoms with van der Waals surface area (Å²) in [5.74, 6) is 1.90. The van der Waals surface area contributed by atoms with E-state index < -0.39 is 0 Å². The Morgan fingerprint density at radius 3 is 2.57 bits per heavy atom. The lowest BCUT2D eigenvalue weighted by molar-refractivity contribution is -0.134. The van der Waals surface area contributed by atoms with E-state index in [2.05, 4.69) is 0 Å². The molecule has 2 aliphatic rings. The minimum Gasteiger partial charge on any atom is -0.394 e. The third-order valence-electron chi connectivity index (χ3n) is 3.96. The fraction of sp³-hybridized carbons (Fsp3) is 0.909. The smallest absolute Gasteiger partial charge is 0.226 e. The minimum atomic E-state index is -0.0381. The Labute approximate surface area is 85.1 Å². The van der Waals surface area contributed by atoms with Crippen LogP contribution in [0.5, 0.6) is 0 Å². The summed E-state index contributed by atoms with van der Waals surface area (Å²) in [6.45, 7) is 1.94. The van der Waals surface area contributed by atoms with E-state index in [4.69, 9.17) is 5.11 Å². The number of nitrogens with zero attached hydrogens (tertiary/aromatic N) is 1. The van der Waals surface area contributed by atoms with Gasteiger partial charge in [-0.3, -0.25) is 4.79 Å². The van der Waals surface area contributed by atoms with Gasteiger partial charge >= 0.3 is 0 Å². The Kier molecular flexibility index (Phi) is 2.52. The molecule has 0 radical (unpaired) electrons. The second-order valence-electron chi connectivity index (χ2n) is 4.77. The molecule has 3 unspecified atom stereocenters. The molecule has 2 aliphatic carbocycles. The Morgan fingerprint density at radius 1 is 1.50 bits per heavy atom. The minimum absolute atomic E-state index is 0.0381. The van der Waals surface area contributed by atoms with Gasteiger partial charge in [0, 0.05) is 13.0 Å². The van der Waals surface area contributed by atoms with Crippen molar-refractivity contribution in [3.63, 3.8) is 0 Å². The van der Waals surface area contributed by atoms with Crippen molar-refractivity contribution in [3.05, 3.63) is 0 Å². The third kappa shape index (κ3) is 1.44. The molecule has 0 aromatic heterocycles. The number of carbonyl (C=O) groups is 1. The van der Waals surface area contributed by atoms with Gasteiger partial charge in [-0.15, -0.1) is 0 Å². The van der Waals surface area contributed by atoms with Crippen molar-refractivity contribution in [1.82, 2.24) is 4.90 Å². The Hall–Kier alpha value is -0.570. The fourth-order valence-corrected chi connectivity index (χ4v) is 2.76. The predicted molar refractivity (Wildman–Crippen MR) is 53.6 cm³/mol. The molecule has 2 rings (SSSR count). The van der Waals surface area contributed by atoms with Crippen molar-refractivity contribution in [2.75, 3.05) is 13.7 Å². The van der Waals surface area contributed by atoms with Crippen LogP contribution in [0.2, 0.25) is 0 Å². The highest BCUT2D eigenvalue weighted by molar-refractivity contribution is 5.82. The fourth-order valence-electron chi connectivity index (χ4n) is 2.76. The Balaban J connectivity index is 1.90. The lowest BCUT2D eigenvalue weighted by Gasteiger charge is -2.23. The Morgan fingerprint density at radius 2 is 2.07 bits per heavy atom. The van der Waals surface area contributed by atoms with Crippen LogP contribution in [0.4, 0.5) is 0 Å². The van der Waals surface area contributed by atoms with E-state index in [0.29, 0.717) is 17.8 Å². The molecule has 3 nitrogen and oxygen atoms in total. The van der Waals surface area contributed by atoms with Crippen molar-refractivity contribution >= 4 is 5.91 Å². The summed E-state index contributed by atoms with van der Waals surface area (Å²) in [6, 6.07) is -0.0381. The normalized spacial score (nSPS) is 36.4. The van der Waals surface area contributed by atoms with Crippen molar-refractivity contribution in [1.29, 1.82) is 0 Å². The van der Waals surface area contributed by atoms with Crippen LogP contribution in [-0.4, -0.2) is 35.6 Å². The van der Waals surface area contributed by atoms with Crippen LogP contribution in [0.3, 0.4) is 0 Å². The molecule has 0 heterocycles. The molecule has 3 heteroatoms. The average molecular weight is 197 g/mol. The molecule has 0 aromatic carbocycles. The van der Waals surface area contributed by atoms with Crippen LogP contribution < -0.4 is 0 Å². The van der Waals surface area contributed by atoms with Crippen LogP contribution in [0.1, 0.15) is 26.2 Å². The van der Waals surface area contributed by atoms with Gasteiger partial charge in [0.05, 0.1) is 12.6 Å². The monoisotopic (exact) mass is 197 g/mol. The van der Waals surface area contributed by atoms with Gasteiger partial charge in [-0.05, 0) is 31.6 Å². The van der Waals surface area contributed by atoms with Crippen molar-refractivity contribution < 1.29 is 9.90 Å². The molecule has 0 aliphatic heterocycles. The van der Waals surface area contributed by atoms with Crippen LogP contribution in [0, 0.1) is 17.8 Å². The van der Waals surface area contributed by atoms with Crippen LogP contribution in [0.15, 0.2) is 0 Å². The lowest BCUT2D eigenvalue weighted by Crippen LogP contribution is -2.39. The topological polar surface area (TPSA) is 40.5 Å². The van der Waals surface area contributed by atoms with Crippen LogP contribution in [-0.2, 0) is 4.79 Å². The van der Waals surface area contributed by atoms with Gasteiger partial charge in [-0.2, -0.15) is 0 Å². The molecule has 80 valence electrons. The van der Waals surface area contributed by atoms with Crippen molar-refractivity contribution in [2.45, 2.75) is 32.2 Å². The van der Waals surface area contributed by atoms with Gasteiger partial charge in [0.2, 0.25) is 5.91 Å². The number of amides is 1. The zero-order valence-electron chi connectivity index (χ0n) is 8.94. The van der Waals surface area contributed by atoms with E-state index >= 15 is 0 Å². The number of carbonyl (C=O) groups excluding carboxylic acids is 1. The van der Waals surface area contributed by atoms with E-state index in [1.807, 2.05) is 6.92 Å². The van der Waals surface area contributed by atoms with Gasteiger partial charge in [-0.1, -0.05) is 6.42 Å². The van der Waals surface area contributed by atoms with E-state index in [1.54, 1.807) is 11.9 Å². The number of fused-ring (bicyclic) bond motifs is 1. The second kappa shape index (κ2) is 3.54. The molecule has 0 spiro atoms. The van der Waals surface area contributed by atoms with Crippen LogP contribution in [0.25, 0.3) is 0 Å². The maximum absolute atomic E-state index is 11.9. The number of likely N-dealkylation sites (N-methyl/N-ethyl adjacent to an activating group) is 1. The summed E-state index contributed by atoms with van der Waals surface area (Å²) in [6.07, 6.45) is 3.78. The molecule has 2 fully saturated rings. The zero-order chi connectivity index (χ0) is 10.3. The number of aliphatic hydroxyl groups is 1. The molecule has 3 atom stereocenters. The highest BCUT2D eigenvalue weighted by atomic mass is 16.3. The summed E-state index contributed by atoms with van der Waals surface area (Å²) in [5, 5.41) is 8.97. The summed E-state index contributed by atoms with van der Waals surface area (Å²) in [7, 11) is 1.80. The van der Waals surface area contributed by atoms with Gasteiger partial charge in [0.15, 0.2) is 0 Å². The predicted octanol–water partition coefficient (Wildman–Crippen LogP) is 0.872. The quantitative estimate of drug-likeness (QED) is 0.729. The van der Waals surface area contributed by atoms with E-state index in [9.17, 15) is 4.79 Å². The molecule has 2 saturated carbocycles. The molecule has 0 bridgehead atoms. The second-order valence-corrected chi connectivity index (χ2v) is 4.77. The summed E-state index contributed by atoms with van der Waals surface area (Å²) in [4.78, 5) is 13.6.